The highest BCUT2D eigenvalue weighted by Crippen LogP contribution is 2.51. The van der Waals surface area contributed by atoms with Crippen molar-refractivity contribution in [3.8, 4) is 11.5 Å². The zero-order valence-electron chi connectivity index (χ0n) is 14.4. The van der Waals surface area contributed by atoms with E-state index < -0.39 is 0 Å². The number of hydrogen-bond donors (Lipinski definition) is 0. The maximum absolute atomic E-state index is 12.7. The molecular formula is C21H20O3S. The number of carbonyl (C=O) groups is 1. The van der Waals surface area contributed by atoms with Crippen LogP contribution in [0.3, 0.4) is 0 Å². The maximum atomic E-state index is 12.7. The first kappa shape index (κ1) is 16.3. The summed E-state index contributed by atoms with van der Waals surface area (Å²) in [5, 5.41) is -0.0515. The molecule has 2 aromatic rings. The standard InChI is InChI=1S/C21H20O3S/c1-13-6-9-15(10-7-13)25-21-16-12-14(23-2)8-11-18(16)24-19-5-3-4-17(22)20(19)21/h6-12,21H,3-5H2,1-2H3. The van der Waals surface area contributed by atoms with Crippen LogP contribution in [0.1, 0.15) is 35.6 Å². The normalized spacial score (nSPS) is 19.1. The molecule has 0 radical (unpaired) electrons. The van der Waals surface area contributed by atoms with E-state index in [-0.39, 0.29) is 11.0 Å². The summed E-state index contributed by atoms with van der Waals surface area (Å²) in [6, 6.07) is 14.3. The Kier molecular flexibility index (Phi) is 4.30. The minimum Gasteiger partial charge on any atom is -0.497 e. The molecule has 0 bridgehead atoms. The molecule has 128 valence electrons. The average Bonchev–Trinajstić information content (AvgIpc) is 2.63. The highest BCUT2D eigenvalue weighted by atomic mass is 32.2. The van der Waals surface area contributed by atoms with Crippen molar-refractivity contribution in [2.24, 2.45) is 0 Å². The van der Waals surface area contributed by atoms with Gasteiger partial charge in [0, 0.05) is 23.3 Å². The molecule has 0 N–H and O–H groups in total. The predicted octanol–water partition coefficient (Wildman–Crippen LogP) is 5.24. The summed E-state index contributed by atoms with van der Waals surface area (Å²) in [6.45, 7) is 2.08. The van der Waals surface area contributed by atoms with Crippen LogP contribution < -0.4 is 9.47 Å². The summed E-state index contributed by atoms with van der Waals surface area (Å²) in [7, 11) is 1.66. The van der Waals surface area contributed by atoms with Gasteiger partial charge in [0.25, 0.3) is 0 Å². The number of methoxy groups -OCH3 is 1. The third-order valence-corrected chi connectivity index (χ3v) is 5.95. The number of ether oxygens (including phenoxy) is 2. The van der Waals surface area contributed by atoms with Crippen LogP contribution in [0.15, 0.2) is 58.7 Å². The van der Waals surface area contributed by atoms with Crippen molar-refractivity contribution in [3.05, 3.63) is 64.9 Å². The van der Waals surface area contributed by atoms with Gasteiger partial charge in [0.05, 0.1) is 17.9 Å². The van der Waals surface area contributed by atoms with Crippen molar-refractivity contribution >= 4 is 17.5 Å². The zero-order chi connectivity index (χ0) is 17.4. The topological polar surface area (TPSA) is 35.5 Å². The SMILES string of the molecule is COc1ccc2c(c1)C(Sc1ccc(C)cc1)C1=C(CCCC1=O)O2. The molecule has 0 saturated carbocycles. The predicted molar refractivity (Wildman–Crippen MR) is 99.3 cm³/mol. The second kappa shape index (κ2) is 6.60. The van der Waals surface area contributed by atoms with Crippen LogP contribution in [0.4, 0.5) is 0 Å². The average molecular weight is 352 g/mol. The summed E-state index contributed by atoms with van der Waals surface area (Å²) in [4.78, 5) is 13.8. The van der Waals surface area contributed by atoms with Gasteiger partial charge >= 0.3 is 0 Å². The Morgan fingerprint density at radius 2 is 1.92 bits per heavy atom. The molecule has 0 saturated heterocycles. The maximum Gasteiger partial charge on any atom is 0.163 e. The zero-order valence-corrected chi connectivity index (χ0v) is 15.2. The number of ketones is 1. The monoisotopic (exact) mass is 352 g/mol. The van der Waals surface area contributed by atoms with E-state index in [1.54, 1.807) is 18.9 Å². The van der Waals surface area contributed by atoms with Gasteiger partial charge in [0.1, 0.15) is 17.3 Å². The first-order valence-electron chi connectivity index (χ1n) is 8.51. The van der Waals surface area contributed by atoms with Crippen LogP contribution in [0, 0.1) is 6.92 Å². The lowest BCUT2D eigenvalue weighted by molar-refractivity contribution is -0.116. The minimum absolute atomic E-state index is 0.0515. The van der Waals surface area contributed by atoms with Crippen molar-refractivity contribution in [1.82, 2.24) is 0 Å². The molecule has 4 heteroatoms. The second-order valence-electron chi connectivity index (χ2n) is 6.43. The lowest BCUT2D eigenvalue weighted by Gasteiger charge is -2.32. The molecule has 4 rings (SSSR count). The fourth-order valence-corrected chi connectivity index (χ4v) is 4.60. The molecule has 1 unspecified atom stereocenters. The van der Waals surface area contributed by atoms with E-state index in [0.717, 1.165) is 46.1 Å². The fourth-order valence-electron chi connectivity index (χ4n) is 3.35. The van der Waals surface area contributed by atoms with E-state index in [9.17, 15) is 4.79 Å². The van der Waals surface area contributed by atoms with Gasteiger partial charge in [-0.05, 0) is 43.7 Å². The highest BCUT2D eigenvalue weighted by molar-refractivity contribution is 7.99. The minimum atomic E-state index is -0.0515. The van der Waals surface area contributed by atoms with Crippen LogP contribution >= 0.6 is 11.8 Å². The molecule has 2 aromatic carbocycles. The Morgan fingerprint density at radius 3 is 2.68 bits per heavy atom. The fraction of sp³-hybridized carbons (Fsp3) is 0.286. The first-order valence-corrected chi connectivity index (χ1v) is 9.39. The molecule has 0 fully saturated rings. The van der Waals surface area contributed by atoms with Crippen molar-refractivity contribution in [3.63, 3.8) is 0 Å². The number of rotatable bonds is 3. The summed E-state index contributed by atoms with van der Waals surface area (Å²) in [5.74, 6) is 2.67. The van der Waals surface area contributed by atoms with Crippen molar-refractivity contribution in [2.45, 2.75) is 36.3 Å². The van der Waals surface area contributed by atoms with E-state index in [4.69, 9.17) is 9.47 Å². The van der Waals surface area contributed by atoms with Crippen LogP contribution in [0.5, 0.6) is 11.5 Å². The molecule has 1 heterocycles. The highest BCUT2D eigenvalue weighted by Gasteiger charge is 2.36. The summed E-state index contributed by atoms with van der Waals surface area (Å²) in [6.07, 6.45) is 2.30. The number of fused-ring (bicyclic) bond motifs is 1. The van der Waals surface area contributed by atoms with Gasteiger partial charge < -0.3 is 9.47 Å². The largest absolute Gasteiger partial charge is 0.497 e. The molecule has 2 aliphatic rings. The second-order valence-corrected chi connectivity index (χ2v) is 7.61. The summed E-state index contributed by atoms with van der Waals surface area (Å²) in [5.41, 5.74) is 3.07. The van der Waals surface area contributed by atoms with Crippen LogP contribution in [-0.2, 0) is 4.79 Å². The van der Waals surface area contributed by atoms with E-state index >= 15 is 0 Å². The van der Waals surface area contributed by atoms with Crippen molar-refractivity contribution < 1.29 is 14.3 Å². The molecule has 3 nitrogen and oxygen atoms in total. The molecular weight excluding hydrogens is 332 g/mol. The Hall–Kier alpha value is -2.20. The number of carbonyl (C=O) groups excluding carboxylic acids is 1. The molecule has 0 spiro atoms. The quantitative estimate of drug-likeness (QED) is 0.757. The van der Waals surface area contributed by atoms with Crippen molar-refractivity contribution in [1.29, 1.82) is 0 Å². The number of Topliss-reactive ketones (excluding diaryl/α,β-unsaturated/α-hetero) is 1. The Morgan fingerprint density at radius 1 is 1.12 bits per heavy atom. The summed E-state index contributed by atoms with van der Waals surface area (Å²) < 4.78 is 11.5. The third-order valence-electron chi connectivity index (χ3n) is 4.68. The molecule has 1 aliphatic carbocycles. The van der Waals surface area contributed by atoms with Crippen LogP contribution in [0.25, 0.3) is 0 Å². The Bertz CT molecular complexity index is 852. The van der Waals surface area contributed by atoms with E-state index in [1.807, 2.05) is 18.2 Å². The smallest absolute Gasteiger partial charge is 0.163 e. The molecule has 1 atom stereocenters. The van der Waals surface area contributed by atoms with Gasteiger partial charge in [0.2, 0.25) is 0 Å². The number of benzene rings is 2. The van der Waals surface area contributed by atoms with Crippen molar-refractivity contribution in [2.75, 3.05) is 7.11 Å². The van der Waals surface area contributed by atoms with Crippen LogP contribution in [-0.4, -0.2) is 12.9 Å². The third kappa shape index (κ3) is 3.07. The molecule has 1 aliphatic heterocycles. The van der Waals surface area contributed by atoms with E-state index in [2.05, 4.69) is 31.2 Å². The van der Waals surface area contributed by atoms with Gasteiger partial charge in [-0.15, -0.1) is 11.8 Å². The molecule has 25 heavy (non-hydrogen) atoms. The number of aryl methyl sites for hydroxylation is 1. The lowest BCUT2D eigenvalue weighted by atomic mass is 9.89. The van der Waals surface area contributed by atoms with Gasteiger partial charge in [-0.2, -0.15) is 0 Å². The summed E-state index contributed by atoms with van der Waals surface area (Å²) >= 11 is 1.71. The van der Waals surface area contributed by atoms with E-state index in [0.29, 0.717) is 6.42 Å². The number of hydrogen-bond acceptors (Lipinski definition) is 4. The van der Waals surface area contributed by atoms with Gasteiger partial charge in [-0.3, -0.25) is 4.79 Å². The Balaban J connectivity index is 1.80. The Labute approximate surface area is 152 Å². The molecule has 0 aromatic heterocycles. The van der Waals surface area contributed by atoms with Crippen LogP contribution in [0.2, 0.25) is 0 Å². The van der Waals surface area contributed by atoms with Gasteiger partial charge in [-0.25, -0.2) is 0 Å². The first-order chi connectivity index (χ1) is 12.2. The molecule has 0 amide bonds. The van der Waals surface area contributed by atoms with E-state index in [1.165, 1.54) is 5.56 Å². The lowest BCUT2D eigenvalue weighted by Crippen LogP contribution is -2.23. The van der Waals surface area contributed by atoms with Gasteiger partial charge in [0.15, 0.2) is 5.78 Å². The number of thioether (sulfide) groups is 1. The number of allylic oxidation sites excluding steroid dienone is 1. The van der Waals surface area contributed by atoms with Gasteiger partial charge in [-0.1, -0.05) is 17.7 Å².